The number of hydrogen-bond donors (Lipinski definition) is 2. The van der Waals surface area contributed by atoms with Crippen molar-refractivity contribution in [2.24, 2.45) is 5.73 Å². The molecular weight excluding hydrogens is 264 g/mol. The van der Waals surface area contributed by atoms with E-state index in [0.29, 0.717) is 11.8 Å². The van der Waals surface area contributed by atoms with Gasteiger partial charge in [0.1, 0.15) is 5.75 Å². The van der Waals surface area contributed by atoms with E-state index in [1.807, 2.05) is 0 Å². The number of sulfonamides is 1. The molecule has 0 radical (unpaired) electrons. The number of benzene rings is 1. The summed E-state index contributed by atoms with van der Waals surface area (Å²) in [6, 6.07) is 6.78. The van der Waals surface area contributed by atoms with Crippen LogP contribution in [0.15, 0.2) is 29.2 Å². The summed E-state index contributed by atoms with van der Waals surface area (Å²) in [4.78, 5) is 0.244. The highest BCUT2D eigenvalue weighted by atomic mass is 32.2. The lowest BCUT2D eigenvalue weighted by Crippen LogP contribution is -2.31. The standard InChI is InChI=1S/C13H20N2O3S/c1-15-19(16,17)13-8-6-12(7-9-13)18-11-4-2-10(14)3-5-11/h6-11,15H,2-5,14H2,1H3. The summed E-state index contributed by atoms with van der Waals surface area (Å²) in [6.45, 7) is 0. The third-order valence-electron chi connectivity index (χ3n) is 3.42. The summed E-state index contributed by atoms with van der Waals surface area (Å²) in [5.41, 5.74) is 5.84. The lowest BCUT2D eigenvalue weighted by Gasteiger charge is -2.26. The van der Waals surface area contributed by atoms with E-state index in [1.165, 1.54) is 7.05 Å². The molecule has 19 heavy (non-hydrogen) atoms. The Bertz CT molecular complexity index is 505. The smallest absolute Gasteiger partial charge is 0.240 e. The Kier molecular flexibility index (Phi) is 4.44. The van der Waals surface area contributed by atoms with Crippen LogP contribution in [0, 0.1) is 0 Å². The van der Waals surface area contributed by atoms with Gasteiger partial charge in [-0.3, -0.25) is 0 Å². The van der Waals surface area contributed by atoms with Gasteiger partial charge in [0.15, 0.2) is 0 Å². The summed E-state index contributed by atoms with van der Waals surface area (Å²) in [7, 11) is -1.98. The third-order valence-corrected chi connectivity index (χ3v) is 4.85. The lowest BCUT2D eigenvalue weighted by atomic mass is 9.94. The number of nitrogens with one attached hydrogen (secondary N) is 1. The third kappa shape index (κ3) is 3.68. The topological polar surface area (TPSA) is 81.4 Å². The van der Waals surface area contributed by atoms with Gasteiger partial charge in [0, 0.05) is 6.04 Å². The minimum absolute atomic E-state index is 0.187. The molecule has 3 N–H and O–H groups in total. The minimum atomic E-state index is -3.38. The summed E-state index contributed by atoms with van der Waals surface area (Å²) in [5.74, 6) is 0.704. The maximum atomic E-state index is 11.6. The molecule has 1 aliphatic rings. The SMILES string of the molecule is CNS(=O)(=O)c1ccc(OC2CCC(N)CC2)cc1. The van der Waals surface area contributed by atoms with Crippen molar-refractivity contribution in [3.05, 3.63) is 24.3 Å². The Morgan fingerprint density at radius 2 is 1.74 bits per heavy atom. The molecule has 1 aromatic rings. The van der Waals surface area contributed by atoms with Crippen molar-refractivity contribution in [3.8, 4) is 5.75 Å². The van der Waals surface area contributed by atoms with Crippen LogP contribution in [-0.4, -0.2) is 27.6 Å². The van der Waals surface area contributed by atoms with Gasteiger partial charge in [-0.05, 0) is 57.0 Å². The highest BCUT2D eigenvalue weighted by Gasteiger charge is 2.20. The Morgan fingerprint density at radius 1 is 1.16 bits per heavy atom. The molecule has 2 rings (SSSR count). The molecule has 0 heterocycles. The average Bonchev–Trinajstić information content (AvgIpc) is 2.42. The Labute approximate surface area is 114 Å². The van der Waals surface area contributed by atoms with Crippen LogP contribution >= 0.6 is 0 Å². The second kappa shape index (κ2) is 5.90. The normalized spacial score (nSPS) is 24.1. The predicted octanol–water partition coefficient (Wildman–Crippen LogP) is 1.24. The van der Waals surface area contributed by atoms with Crippen LogP contribution in [0.1, 0.15) is 25.7 Å². The van der Waals surface area contributed by atoms with Crippen LogP contribution in [-0.2, 0) is 10.0 Å². The van der Waals surface area contributed by atoms with Gasteiger partial charge in [-0.25, -0.2) is 13.1 Å². The van der Waals surface area contributed by atoms with Crippen LogP contribution in [0.3, 0.4) is 0 Å². The van der Waals surface area contributed by atoms with Crippen molar-refractivity contribution in [1.29, 1.82) is 0 Å². The summed E-state index contributed by atoms with van der Waals surface area (Å²) >= 11 is 0. The Hall–Kier alpha value is -1.11. The number of rotatable bonds is 4. The second-order valence-electron chi connectivity index (χ2n) is 4.83. The second-order valence-corrected chi connectivity index (χ2v) is 6.72. The quantitative estimate of drug-likeness (QED) is 0.871. The summed E-state index contributed by atoms with van der Waals surface area (Å²) < 4.78 is 31.3. The van der Waals surface area contributed by atoms with Crippen LogP contribution in [0.2, 0.25) is 0 Å². The van der Waals surface area contributed by atoms with Crippen LogP contribution in [0.4, 0.5) is 0 Å². The van der Waals surface area contributed by atoms with Gasteiger partial charge in [0.05, 0.1) is 11.0 Å². The molecule has 0 aromatic heterocycles. The molecule has 106 valence electrons. The molecule has 1 aliphatic carbocycles. The number of ether oxygens (including phenoxy) is 1. The summed E-state index contributed by atoms with van der Waals surface area (Å²) in [6.07, 6.45) is 4.06. The lowest BCUT2D eigenvalue weighted by molar-refractivity contribution is 0.147. The van der Waals surface area contributed by atoms with Gasteiger partial charge in [-0.2, -0.15) is 0 Å². The molecule has 0 spiro atoms. The molecule has 1 aromatic carbocycles. The highest BCUT2D eigenvalue weighted by Crippen LogP contribution is 2.23. The molecule has 1 saturated carbocycles. The molecule has 0 atom stereocenters. The first-order chi connectivity index (χ1) is 9.01. The van der Waals surface area contributed by atoms with Gasteiger partial charge in [-0.15, -0.1) is 0 Å². The first-order valence-corrected chi connectivity index (χ1v) is 7.95. The van der Waals surface area contributed by atoms with Gasteiger partial charge >= 0.3 is 0 Å². The van der Waals surface area contributed by atoms with Crippen molar-refractivity contribution in [2.45, 2.75) is 42.7 Å². The molecule has 1 fully saturated rings. The largest absolute Gasteiger partial charge is 0.490 e. The van der Waals surface area contributed by atoms with Crippen LogP contribution < -0.4 is 15.2 Å². The molecule has 0 bridgehead atoms. The van der Waals surface area contributed by atoms with E-state index in [1.54, 1.807) is 24.3 Å². The maximum Gasteiger partial charge on any atom is 0.240 e. The predicted molar refractivity (Wildman–Crippen MR) is 73.5 cm³/mol. The minimum Gasteiger partial charge on any atom is -0.490 e. The van der Waals surface area contributed by atoms with E-state index < -0.39 is 10.0 Å². The average molecular weight is 284 g/mol. The maximum absolute atomic E-state index is 11.6. The van der Waals surface area contributed by atoms with Crippen molar-refractivity contribution in [1.82, 2.24) is 4.72 Å². The van der Waals surface area contributed by atoms with Crippen molar-refractivity contribution in [3.63, 3.8) is 0 Å². The van der Waals surface area contributed by atoms with Crippen molar-refractivity contribution >= 4 is 10.0 Å². The first-order valence-electron chi connectivity index (χ1n) is 6.47. The molecule has 6 heteroatoms. The zero-order chi connectivity index (χ0) is 13.9. The van der Waals surface area contributed by atoms with Crippen LogP contribution in [0.5, 0.6) is 5.75 Å². The van der Waals surface area contributed by atoms with E-state index in [0.717, 1.165) is 25.7 Å². The molecule has 0 aliphatic heterocycles. The number of hydrogen-bond acceptors (Lipinski definition) is 4. The first kappa shape index (κ1) is 14.3. The monoisotopic (exact) mass is 284 g/mol. The fourth-order valence-electron chi connectivity index (χ4n) is 2.21. The van der Waals surface area contributed by atoms with E-state index in [2.05, 4.69) is 4.72 Å². The molecule has 0 amide bonds. The van der Waals surface area contributed by atoms with E-state index in [-0.39, 0.29) is 11.0 Å². The van der Waals surface area contributed by atoms with Crippen molar-refractivity contribution in [2.75, 3.05) is 7.05 Å². The van der Waals surface area contributed by atoms with Gasteiger partial charge in [0.25, 0.3) is 0 Å². The van der Waals surface area contributed by atoms with E-state index in [4.69, 9.17) is 10.5 Å². The van der Waals surface area contributed by atoms with E-state index in [9.17, 15) is 8.42 Å². The van der Waals surface area contributed by atoms with Gasteiger partial charge < -0.3 is 10.5 Å². The van der Waals surface area contributed by atoms with Gasteiger partial charge in [-0.1, -0.05) is 0 Å². The Morgan fingerprint density at radius 3 is 2.26 bits per heavy atom. The Balaban J connectivity index is 1.99. The molecule has 0 saturated heterocycles. The van der Waals surface area contributed by atoms with Gasteiger partial charge in [0.2, 0.25) is 10.0 Å². The number of nitrogens with two attached hydrogens (primary N) is 1. The molecule has 5 nitrogen and oxygen atoms in total. The molecular formula is C13H20N2O3S. The summed E-state index contributed by atoms with van der Waals surface area (Å²) in [5, 5.41) is 0. The highest BCUT2D eigenvalue weighted by molar-refractivity contribution is 7.89. The zero-order valence-corrected chi connectivity index (χ0v) is 11.8. The van der Waals surface area contributed by atoms with Crippen LogP contribution in [0.25, 0.3) is 0 Å². The van der Waals surface area contributed by atoms with Crippen molar-refractivity contribution < 1.29 is 13.2 Å². The zero-order valence-electron chi connectivity index (χ0n) is 11.0. The fraction of sp³-hybridized carbons (Fsp3) is 0.538. The van der Waals surface area contributed by atoms with E-state index >= 15 is 0 Å². The molecule has 0 unspecified atom stereocenters. The fourth-order valence-corrected chi connectivity index (χ4v) is 2.94.